The van der Waals surface area contributed by atoms with Crippen LogP contribution >= 0.6 is 11.6 Å². The molecule has 0 aliphatic rings. The van der Waals surface area contributed by atoms with Crippen LogP contribution in [0.4, 0.5) is 0 Å². The summed E-state index contributed by atoms with van der Waals surface area (Å²) in [6, 6.07) is 1.80. The Morgan fingerprint density at radius 2 is 2.17 bits per heavy atom. The van der Waals surface area contributed by atoms with Crippen molar-refractivity contribution < 1.29 is 0 Å². The molecule has 0 aliphatic heterocycles. The summed E-state index contributed by atoms with van der Waals surface area (Å²) in [5.74, 6) is 0.624. The molecule has 2 rings (SSSR count). The van der Waals surface area contributed by atoms with E-state index in [-0.39, 0.29) is 16.5 Å². The van der Waals surface area contributed by atoms with Gasteiger partial charge in [-0.1, -0.05) is 20.8 Å². The van der Waals surface area contributed by atoms with Gasteiger partial charge in [-0.3, -0.25) is 0 Å². The average Bonchev–Trinajstić information content (AvgIpc) is 2.59. The molecular weight excluding hydrogens is 252 g/mol. The molecule has 2 heterocycles. The fourth-order valence-electron chi connectivity index (χ4n) is 1.75. The smallest absolute Gasteiger partial charge is 0.246 e. The van der Waals surface area contributed by atoms with Crippen molar-refractivity contribution >= 4 is 17.2 Å². The molecule has 0 bridgehead atoms. The van der Waals surface area contributed by atoms with E-state index in [1.807, 2.05) is 0 Å². The molecule has 0 amide bonds. The van der Waals surface area contributed by atoms with Gasteiger partial charge in [-0.2, -0.15) is 5.10 Å². The number of rotatable bonds is 2. The van der Waals surface area contributed by atoms with Crippen molar-refractivity contribution in [2.75, 3.05) is 0 Å². The van der Waals surface area contributed by atoms with Crippen molar-refractivity contribution in [3.05, 3.63) is 28.1 Å². The molecule has 0 aromatic carbocycles. The molecule has 1 N–H and O–H groups in total. The fourth-order valence-corrected chi connectivity index (χ4v) is 1.91. The maximum atomic E-state index is 11.5. The SMILES string of the molecule is Cc1nc(CC(Cl)C(C)(C)C)cc2n[nH]c(=O)n12. The van der Waals surface area contributed by atoms with E-state index >= 15 is 0 Å². The van der Waals surface area contributed by atoms with E-state index in [1.54, 1.807) is 13.0 Å². The standard InChI is InChI=1S/C12H17ClN4O/c1-7-14-8(5-9(13)12(2,3)4)6-10-15-16-11(18)17(7)10/h6,9H,5H2,1-4H3,(H,16,18). The first-order valence-corrected chi connectivity index (χ1v) is 6.30. The number of aromatic amines is 1. The van der Waals surface area contributed by atoms with Crippen LogP contribution in [0.5, 0.6) is 0 Å². The Kier molecular flexibility index (Phi) is 3.19. The lowest BCUT2D eigenvalue weighted by atomic mass is 9.89. The minimum atomic E-state index is -0.264. The first-order chi connectivity index (χ1) is 8.29. The van der Waals surface area contributed by atoms with E-state index < -0.39 is 0 Å². The topological polar surface area (TPSA) is 63.0 Å². The molecule has 2 aromatic heterocycles. The number of aromatic nitrogens is 4. The molecule has 6 heteroatoms. The van der Waals surface area contributed by atoms with E-state index in [1.165, 1.54) is 4.40 Å². The van der Waals surface area contributed by atoms with Crippen LogP contribution in [-0.4, -0.2) is 25.0 Å². The molecule has 2 aromatic rings. The van der Waals surface area contributed by atoms with Gasteiger partial charge in [0.05, 0.1) is 0 Å². The summed E-state index contributed by atoms with van der Waals surface area (Å²) in [5, 5.41) is 6.35. The van der Waals surface area contributed by atoms with Gasteiger partial charge in [0.1, 0.15) is 5.82 Å². The number of halogens is 1. The van der Waals surface area contributed by atoms with Gasteiger partial charge >= 0.3 is 5.69 Å². The largest absolute Gasteiger partial charge is 0.349 e. The highest BCUT2D eigenvalue weighted by Crippen LogP contribution is 2.27. The van der Waals surface area contributed by atoms with Crippen molar-refractivity contribution in [1.29, 1.82) is 0 Å². The van der Waals surface area contributed by atoms with Crippen LogP contribution in [0.15, 0.2) is 10.9 Å². The van der Waals surface area contributed by atoms with Crippen molar-refractivity contribution in [2.45, 2.75) is 39.5 Å². The van der Waals surface area contributed by atoms with E-state index in [0.717, 1.165) is 5.69 Å². The third kappa shape index (κ3) is 2.41. The van der Waals surface area contributed by atoms with Crippen molar-refractivity contribution in [3.8, 4) is 0 Å². The summed E-state index contributed by atoms with van der Waals surface area (Å²) < 4.78 is 1.45. The number of nitrogens with one attached hydrogen (secondary N) is 1. The zero-order chi connectivity index (χ0) is 13.5. The summed E-state index contributed by atoms with van der Waals surface area (Å²) in [6.07, 6.45) is 0.656. The summed E-state index contributed by atoms with van der Waals surface area (Å²) in [5.41, 5.74) is 1.18. The van der Waals surface area contributed by atoms with Gasteiger partial charge in [0.2, 0.25) is 0 Å². The number of aryl methyl sites for hydroxylation is 1. The quantitative estimate of drug-likeness (QED) is 0.847. The lowest BCUT2D eigenvalue weighted by molar-refractivity contribution is 0.384. The first kappa shape index (κ1) is 13.1. The lowest BCUT2D eigenvalue weighted by Gasteiger charge is -2.24. The Balaban J connectivity index is 2.39. The Morgan fingerprint density at radius 1 is 1.50 bits per heavy atom. The molecule has 1 unspecified atom stereocenters. The van der Waals surface area contributed by atoms with Gasteiger partial charge in [-0.15, -0.1) is 11.6 Å². The highest BCUT2D eigenvalue weighted by molar-refractivity contribution is 6.21. The van der Waals surface area contributed by atoms with Crippen LogP contribution in [0.1, 0.15) is 32.3 Å². The molecule has 0 aliphatic carbocycles. The van der Waals surface area contributed by atoms with Crippen LogP contribution in [0.3, 0.4) is 0 Å². The molecule has 0 fully saturated rings. The molecule has 0 spiro atoms. The summed E-state index contributed by atoms with van der Waals surface area (Å²) in [6.45, 7) is 8.06. The van der Waals surface area contributed by atoms with Gasteiger partial charge in [-0.25, -0.2) is 19.3 Å². The Hall–Kier alpha value is -1.36. The number of hydrogen-bond acceptors (Lipinski definition) is 3. The second kappa shape index (κ2) is 4.39. The minimum absolute atomic E-state index is 0.00844. The number of hydrogen-bond donors (Lipinski definition) is 1. The van der Waals surface area contributed by atoms with Crippen molar-refractivity contribution in [1.82, 2.24) is 19.6 Å². The second-order valence-electron chi connectivity index (χ2n) is 5.55. The predicted octanol–water partition coefficient (Wildman–Crippen LogP) is 1.92. The van der Waals surface area contributed by atoms with Crippen LogP contribution < -0.4 is 5.69 Å². The number of H-pyrrole nitrogens is 1. The van der Waals surface area contributed by atoms with Gasteiger partial charge in [-0.05, 0) is 12.3 Å². The van der Waals surface area contributed by atoms with Crippen LogP contribution in [0, 0.1) is 12.3 Å². The zero-order valence-electron chi connectivity index (χ0n) is 11.0. The molecule has 0 saturated carbocycles. The number of alkyl halides is 1. The molecule has 0 saturated heterocycles. The van der Waals surface area contributed by atoms with Gasteiger partial charge in [0.15, 0.2) is 5.65 Å². The summed E-state index contributed by atoms with van der Waals surface area (Å²) in [4.78, 5) is 15.9. The van der Waals surface area contributed by atoms with Crippen LogP contribution in [0.25, 0.3) is 5.65 Å². The van der Waals surface area contributed by atoms with Crippen LogP contribution in [-0.2, 0) is 6.42 Å². The normalized spacial score (nSPS) is 14.1. The minimum Gasteiger partial charge on any atom is -0.246 e. The third-order valence-electron chi connectivity index (χ3n) is 2.95. The number of fused-ring (bicyclic) bond motifs is 1. The highest BCUT2D eigenvalue weighted by atomic mass is 35.5. The van der Waals surface area contributed by atoms with Gasteiger partial charge < -0.3 is 0 Å². The van der Waals surface area contributed by atoms with E-state index in [9.17, 15) is 4.79 Å². The van der Waals surface area contributed by atoms with Gasteiger partial charge in [0, 0.05) is 23.6 Å². The fraction of sp³-hybridized carbons (Fsp3) is 0.583. The maximum Gasteiger partial charge on any atom is 0.349 e. The third-order valence-corrected chi connectivity index (χ3v) is 3.76. The van der Waals surface area contributed by atoms with Crippen LogP contribution in [0.2, 0.25) is 0 Å². The van der Waals surface area contributed by atoms with Gasteiger partial charge in [0.25, 0.3) is 0 Å². The van der Waals surface area contributed by atoms with Crippen molar-refractivity contribution in [3.63, 3.8) is 0 Å². The second-order valence-corrected chi connectivity index (χ2v) is 6.08. The van der Waals surface area contributed by atoms with Crippen molar-refractivity contribution in [2.24, 2.45) is 5.41 Å². The van der Waals surface area contributed by atoms with E-state index in [4.69, 9.17) is 11.6 Å². The monoisotopic (exact) mass is 268 g/mol. The Morgan fingerprint density at radius 3 is 2.78 bits per heavy atom. The lowest BCUT2D eigenvalue weighted by Crippen LogP contribution is -2.24. The molecule has 5 nitrogen and oxygen atoms in total. The van der Waals surface area contributed by atoms with E-state index in [0.29, 0.717) is 17.9 Å². The number of nitrogens with zero attached hydrogens (tertiary/aromatic N) is 3. The average molecular weight is 269 g/mol. The maximum absolute atomic E-state index is 11.5. The highest BCUT2D eigenvalue weighted by Gasteiger charge is 2.23. The van der Waals surface area contributed by atoms with E-state index in [2.05, 4.69) is 36.0 Å². The Bertz CT molecular complexity index is 623. The first-order valence-electron chi connectivity index (χ1n) is 5.87. The summed E-state index contributed by atoms with van der Waals surface area (Å²) >= 11 is 6.36. The molecule has 18 heavy (non-hydrogen) atoms. The molecule has 0 radical (unpaired) electrons. The molecule has 1 atom stereocenters. The molecular formula is C12H17ClN4O. The zero-order valence-corrected chi connectivity index (χ0v) is 11.7. The summed E-state index contributed by atoms with van der Waals surface area (Å²) in [7, 11) is 0. The molecule has 98 valence electrons. The predicted molar refractivity (Wildman–Crippen MR) is 71.1 cm³/mol. The Labute approximate surface area is 110 Å².